The second-order valence-electron chi connectivity index (χ2n) is 5.83. The molecule has 0 aliphatic carbocycles. The molecule has 0 unspecified atom stereocenters. The summed E-state index contributed by atoms with van der Waals surface area (Å²) in [7, 11) is 0. The Bertz CT molecular complexity index is 809. The Kier molecular flexibility index (Phi) is 4.36. The van der Waals surface area contributed by atoms with E-state index < -0.39 is 0 Å². The van der Waals surface area contributed by atoms with Gasteiger partial charge in [-0.1, -0.05) is 40.7 Å². The molecule has 23 heavy (non-hydrogen) atoms. The van der Waals surface area contributed by atoms with Crippen molar-refractivity contribution >= 4 is 23.4 Å². The molecule has 7 nitrogen and oxygen atoms in total. The Morgan fingerprint density at radius 3 is 2.78 bits per heavy atom. The van der Waals surface area contributed by atoms with Crippen molar-refractivity contribution in [2.75, 3.05) is 0 Å². The van der Waals surface area contributed by atoms with Crippen LogP contribution in [0.1, 0.15) is 26.6 Å². The third-order valence-corrected chi connectivity index (χ3v) is 4.22. The first-order chi connectivity index (χ1) is 10.9. The summed E-state index contributed by atoms with van der Waals surface area (Å²) in [6.07, 6.45) is 0. The largest absolute Gasteiger partial charge is 0.334 e. The number of halogens is 1. The van der Waals surface area contributed by atoms with Gasteiger partial charge in [0.15, 0.2) is 5.82 Å². The van der Waals surface area contributed by atoms with E-state index >= 15 is 0 Å². The summed E-state index contributed by atoms with van der Waals surface area (Å²) < 4.78 is 7.05. The number of aromatic nitrogens is 6. The lowest BCUT2D eigenvalue weighted by Crippen LogP contribution is -2.24. The van der Waals surface area contributed by atoms with Crippen LogP contribution in [0.15, 0.2) is 33.9 Å². The van der Waals surface area contributed by atoms with Crippen LogP contribution in [0.25, 0.3) is 11.5 Å². The molecule has 0 N–H and O–H groups in total. The van der Waals surface area contributed by atoms with Gasteiger partial charge in [-0.15, -0.1) is 5.10 Å². The van der Waals surface area contributed by atoms with Crippen molar-refractivity contribution in [3.63, 3.8) is 0 Å². The van der Waals surface area contributed by atoms with Crippen molar-refractivity contribution in [1.29, 1.82) is 0 Å². The molecule has 0 radical (unpaired) electrons. The highest BCUT2D eigenvalue weighted by Crippen LogP contribution is 2.28. The van der Waals surface area contributed by atoms with E-state index in [-0.39, 0.29) is 5.54 Å². The fourth-order valence-corrected chi connectivity index (χ4v) is 2.99. The normalized spacial score (nSPS) is 11.8. The summed E-state index contributed by atoms with van der Waals surface area (Å²) in [6, 6.07) is 7.35. The van der Waals surface area contributed by atoms with Gasteiger partial charge in [0.05, 0.1) is 21.9 Å². The Balaban J connectivity index is 1.74. The molecule has 0 aliphatic heterocycles. The first-order valence-electron chi connectivity index (χ1n) is 6.94. The lowest BCUT2D eigenvalue weighted by atomic mass is 10.1. The molecule has 0 aliphatic rings. The molecule has 0 spiro atoms. The Morgan fingerprint density at radius 2 is 2.04 bits per heavy atom. The van der Waals surface area contributed by atoms with Crippen LogP contribution in [-0.4, -0.2) is 30.3 Å². The van der Waals surface area contributed by atoms with Gasteiger partial charge in [0.2, 0.25) is 5.16 Å². The van der Waals surface area contributed by atoms with Gasteiger partial charge in [-0.2, -0.15) is 4.98 Å². The van der Waals surface area contributed by atoms with Gasteiger partial charge in [-0.05, 0) is 43.3 Å². The predicted octanol–water partition coefficient (Wildman–Crippen LogP) is 3.42. The van der Waals surface area contributed by atoms with Crippen LogP contribution < -0.4 is 0 Å². The highest BCUT2D eigenvalue weighted by Gasteiger charge is 2.20. The van der Waals surface area contributed by atoms with E-state index in [9.17, 15) is 0 Å². The van der Waals surface area contributed by atoms with Crippen molar-refractivity contribution in [3.8, 4) is 11.5 Å². The average Bonchev–Trinajstić information content (AvgIpc) is 3.14. The molecule has 3 aromatic rings. The molecule has 3 rings (SSSR count). The summed E-state index contributed by atoms with van der Waals surface area (Å²) in [6.45, 7) is 6.12. The van der Waals surface area contributed by atoms with Gasteiger partial charge in [0.25, 0.3) is 5.89 Å². The van der Waals surface area contributed by atoms with Crippen molar-refractivity contribution in [2.24, 2.45) is 0 Å². The molecule has 2 heterocycles. The van der Waals surface area contributed by atoms with Gasteiger partial charge in [0.1, 0.15) is 0 Å². The standard InChI is InChI=1S/C14H15ClN6OS/c1-14(2,3)21-13(17-19-20-21)23-8-11-16-12(22-18-11)9-6-4-5-7-10(9)15/h4-7H,8H2,1-3H3. The number of thioether (sulfide) groups is 1. The summed E-state index contributed by atoms with van der Waals surface area (Å²) >= 11 is 7.59. The molecule has 120 valence electrons. The second kappa shape index (κ2) is 6.29. The number of benzene rings is 1. The Labute approximate surface area is 142 Å². The predicted molar refractivity (Wildman–Crippen MR) is 87.1 cm³/mol. The number of hydrogen-bond donors (Lipinski definition) is 0. The van der Waals surface area contributed by atoms with Crippen molar-refractivity contribution in [1.82, 2.24) is 30.3 Å². The van der Waals surface area contributed by atoms with Crippen LogP contribution in [0.5, 0.6) is 0 Å². The van der Waals surface area contributed by atoms with Crippen molar-refractivity contribution in [3.05, 3.63) is 35.1 Å². The third-order valence-electron chi connectivity index (χ3n) is 2.98. The zero-order chi connectivity index (χ0) is 16.4. The molecule has 0 bridgehead atoms. The maximum Gasteiger partial charge on any atom is 0.259 e. The molecular formula is C14H15ClN6OS. The highest BCUT2D eigenvalue weighted by molar-refractivity contribution is 7.98. The summed E-state index contributed by atoms with van der Waals surface area (Å²) in [5.41, 5.74) is 0.531. The fourth-order valence-electron chi connectivity index (χ4n) is 1.88. The van der Waals surface area contributed by atoms with E-state index in [1.54, 1.807) is 10.7 Å². The van der Waals surface area contributed by atoms with Crippen molar-refractivity contribution < 1.29 is 4.52 Å². The molecule has 0 amide bonds. The van der Waals surface area contributed by atoms with Gasteiger partial charge < -0.3 is 4.52 Å². The molecule has 0 atom stereocenters. The number of rotatable bonds is 4. The Hall–Kier alpha value is -1.93. The minimum atomic E-state index is -0.189. The maximum absolute atomic E-state index is 6.13. The van der Waals surface area contributed by atoms with E-state index in [1.807, 2.05) is 39.0 Å². The van der Waals surface area contributed by atoms with Crippen LogP contribution in [0.3, 0.4) is 0 Å². The monoisotopic (exact) mass is 350 g/mol. The van der Waals surface area contributed by atoms with E-state index in [2.05, 4.69) is 25.7 Å². The van der Waals surface area contributed by atoms with Crippen LogP contribution in [-0.2, 0) is 11.3 Å². The van der Waals surface area contributed by atoms with Gasteiger partial charge in [-0.25, -0.2) is 4.68 Å². The van der Waals surface area contributed by atoms with E-state index in [0.717, 1.165) is 5.56 Å². The third kappa shape index (κ3) is 3.53. The first kappa shape index (κ1) is 15.9. The van der Waals surface area contributed by atoms with Crippen molar-refractivity contribution in [2.45, 2.75) is 37.2 Å². The maximum atomic E-state index is 6.13. The minimum absolute atomic E-state index is 0.189. The van der Waals surface area contributed by atoms with Crippen LogP contribution in [0.4, 0.5) is 0 Å². The summed E-state index contributed by atoms with van der Waals surface area (Å²) in [5.74, 6) is 1.47. The smallest absolute Gasteiger partial charge is 0.259 e. The lowest BCUT2D eigenvalue weighted by molar-refractivity contribution is 0.321. The average molecular weight is 351 g/mol. The Morgan fingerprint density at radius 1 is 1.26 bits per heavy atom. The van der Waals surface area contributed by atoms with E-state index in [4.69, 9.17) is 16.1 Å². The molecule has 0 saturated heterocycles. The quantitative estimate of drug-likeness (QED) is 0.666. The molecular weight excluding hydrogens is 336 g/mol. The second-order valence-corrected chi connectivity index (χ2v) is 7.18. The zero-order valence-electron chi connectivity index (χ0n) is 12.9. The van der Waals surface area contributed by atoms with E-state index in [1.165, 1.54) is 11.8 Å². The molecule has 0 fully saturated rings. The molecule has 2 aromatic heterocycles. The van der Waals surface area contributed by atoms with Crippen LogP contribution in [0, 0.1) is 0 Å². The first-order valence-corrected chi connectivity index (χ1v) is 8.30. The minimum Gasteiger partial charge on any atom is -0.334 e. The molecule has 1 aromatic carbocycles. The topological polar surface area (TPSA) is 82.5 Å². The summed E-state index contributed by atoms with van der Waals surface area (Å²) in [4.78, 5) is 4.37. The van der Waals surface area contributed by atoms with Crippen LogP contribution in [0.2, 0.25) is 5.02 Å². The number of nitrogens with zero attached hydrogens (tertiary/aromatic N) is 6. The zero-order valence-corrected chi connectivity index (χ0v) is 14.5. The van der Waals surface area contributed by atoms with Gasteiger partial charge in [0, 0.05) is 0 Å². The van der Waals surface area contributed by atoms with E-state index in [0.29, 0.717) is 27.6 Å². The van der Waals surface area contributed by atoms with Gasteiger partial charge in [-0.3, -0.25) is 0 Å². The fraction of sp³-hybridized carbons (Fsp3) is 0.357. The van der Waals surface area contributed by atoms with Crippen LogP contribution >= 0.6 is 23.4 Å². The summed E-state index contributed by atoms with van der Waals surface area (Å²) in [5, 5.41) is 17.0. The lowest BCUT2D eigenvalue weighted by Gasteiger charge is -2.19. The van der Waals surface area contributed by atoms with Gasteiger partial charge >= 0.3 is 0 Å². The molecule has 9 heteroatoms. The molecule has 0 saturated carbocycles. The highest BCUT2D eigenvalue weighted by atomic mass is 35.5. The number of tetrazole rings is 1. The SMILES string of the molecule is CC(C)(C)n1nnnc1SCc1noc(-c2ccccc2Cl)n1. The number of hydrogen-bond acceptors (Lipinski definition) is 7.